The third-order valence-electron chi connectivity index (χ3n) is 4.96. The van der Waals surface area contributed by atoms with Gasteiger partial charge >= 0.3 is 0 Å². The Balaban J connectivity index is 1.65. The van der Waals surface area contributed by atoms with Gasteiger partial charge in [-0.2, -0.15) is 0 Å². The zero-order chi connectivity index (χ0) is 20.4. The van der Waals surface area contributed by atoms with Crippen molar-refractivity contribution in [2.45, 2.75) is 12.6 Å². The summed E-state index contributed by atoms with van der Waals surface area (Å²) < 4.78 is 5.35. The van der Waals surface area contributed by atoms with E-state index in [1.807, 2.05) is 36.4 Å². The molecule has 146 valence electrons. The third kappa shape index (κ3) is 3.57. The lowest BCUT2D eigenvalue weighted by Crippen LogP contribution is -2.39. The first-order valence-corrected chi connectivity index (χ1v) is 9.55. The minimum absolute atomic E-state index is 0.208. The highest BCUT2D eigenvalue weighted by molar-refractivity contribution is 6.30. The number of para-hydroxylation sites is 1. The Bertz CT molecular complexity index is 1070. The van der Waals surface area contributed by atoms with Gasteiger partial charge in [0.15, 0.2) is 0 Å². The molecule has 1 N–H and O–H groups in total. The molecule has 1 heterocycles. The first kappa shape index (κ1) is 19.0. The lowest BCUT2D eigenvalue weighted by molar-refractivity contribution is -0.122. The van der Waals surface area contributed by atoms with Crippen molar-refractivity contribution in [2.24, 2.45) is 0 Å². The number of ether oxygens (including phenoxy) is 1. The fourth-order valence-electron chi connectivity index (χ4n) is 3.57. The van der Waals surface area contributed by atoms with Gasteiger partial charge in [0, 0.05) is 28.4 Å². The number of carbonyl (C=O) groups excluding carboxylic acids is 2. The van der Waals surface area contributed by atoms with Gasteiger partial charge in [0.05, 0.1) is 7.11 Å². The van der Waals surface area contributed by atoms with Crippen molar-refractivity contribution in [1.29, 1.82) is 0 Å². The monoisotopic (exact) mass is 406 g/mol. The predicted octanol–water partition coefficient (Wildman–Crippen LogP) is 4.37. The van der Waals surface area contributed by atoms with Gasteiger partial charge in [-0.3, -0.25) is 14.5 Å². The van der Waals surface area contributed by atoms with Crippen LogP contribution in [0.25, 0.3) is 0 Å². The minimum Gasteiger partial charge on any atom is -0.496 e. The molecule has 0 bridgehead atoms. The summed E-state index contributed by atoms with van der Waals surface area (Å²) >= 11 is 5.99. The number of hydrogen-bond acceptors (Lipinski definition) is 3. The average Bonchev–Trinajstić information content (AvgIpc) is 3.05. The second-order valence-corrected chi connectivity index (χ2v) is 7.11. The van der Waals surface area contributed by atoms with E-state index in [1.165, 1.54) is 4.90 Å². The maximum absolute atomic E-state index is 13.2. The summed E-state index contributed by atoms with van der Waals surface area (Å²) in [5.74, 6) is 0.231. The molecular formula is C23H19ClN2O3. The van der Waals surface area contributed by atoms with E-state index in [0.717, 1.165) is 5.56 Å². The van der Waals surface area contributed by atoms with Gasteiger partial charge in [-0.15, -0.1) is 0 Å². The fourth-order valence-corrected chi connectivity index (χ4v) is 3.70. The highest BCUT2D eigenvalue weighted by Gasteiger charge is 2.41. The summed E-state index contributed by atoms with van der Waals surface area (Å²) in [6, 6.07) is 20.8. The zero-order valence-corrected chi connectivity index (χ0v) is 16.5. The molecule has 1 atom stereocenters. The summed E-state index contributed by atoms with van der Waals surface area (Å²) in [7, 11) is 1.59. The predicted molar refractivity (Wildman–Crippen MR) is 112 cm³/mol. The number of fused-ring (bicyclic) bond motifs is 1. The molecule has 0 fully saturated rings. The molecule has 0 saturated heterocycles. The molecule has 6 heteroatoms. The molecule has 5 nitrogen and oxygen atoms in total. The SMILES string of the molecule is COc1ccccc1CNC(=O)C1c2ccccc2C(=O)N1c1ccc(Cl)cc1. The highest BCUT2D eigenvalue weighted by Crippen LogP contribution is 2.38. The van der Waals surface area contributed by atoms with Crippen LogP contribution in [-0.2, 0) is 11.3 Å². The van der Waals surface area contributed by atoms with Gasteiger partial charge in [0.2, 0.25) is 5.91 Å². The molecule has 1 aliphatic rings. The number of benzene rings is 3. The molecule has 0 radical (unpaired) electrons. The van der Waals surface area contributed by atoms with E-state index in [-0.39, 0.29) is 11.8 Å². The number of nitrogens with one attached hydrogen (secondary N) is 1. The second kappa shape index (κ2) is 7.97. The Morgan fingerprint density at radius 2 is 1.72 bits per heavy atom. The van der Waals surface area contributed by atoms with Crippen LogP contribution in [0.3, 0.4) is 0 Å². The van der Waals surface area contributed by atoms with E-state index < -0.39 is 6.04 Å². The minimum atomic E-state index is -0.755. The summed E-state index contributed by atoms with van der Waals surface area (Å²) in [6.45, 7) is 0.296. The fraction of sp³-hybridized carbons (Fsp3) is 0.130. The Kier molecular flexibility index (Phi) is 5.23. The number of hydrogen-bond donors (Lipinski definition) is 1. The van der Waals surface area contributed by atoms with Crippen LogP contribution in [0.15, 0.2) is 72.8 Å². The van der Waals surface area contributed by atoms with Crippen LogP contribution in [0.4, 0.5) is 5.69 Å². The maximum Gasteiger partial charge on any atom is 0.259 e. The number of amides is 2. The smallest absolute Gasteiger partial charge is 0.259 e. The van der Waals surface area contributed by atoms with Crippen LogP contribution in [-0.4, -0.2) is 18.9 Å². The quantitative estimate of drug-likeness (QED) is 0.684. The molecule has 1 unspecified atom stereocenters. The molecule has 3 aromatic rings. The van der Waals surface area contributed by atoms with Crippen molar-refractivity contribution in [3.63, 3.8) is 0 Å². The first-order valence-electron chi connectivity index (χ1n) is 9.18. The largest absolute Gasteiger partial charge is 0.496 e. The van der Waals surface area contributed by atoms with Crippen LogP contribution in [0, 0.1) is 0 Å². The summed E-state index contributed by atoms with van der Waals surface area (Å²) in [6.07, 6.45) is 0. The average molecular weight is 407 g/mol. The molecule has 0 spiro atoms. The van der Waals surface area contributed by atoms with E-state index in [0.29, 0.717) is 34.1 Å². The maximum atomic E-state index is 13.2. The Morgan fingerprint density at radius 3 is 2.48 bits per heavy atom. The number of anilines is 1. The lowest BCUT2D eigenvalue weighted by Gasteiger charge is -2.25. The number of methoxy groups -OCH3 is 1. The van der Waals surface area contributed by atoms with Gasteiger partial charge < -0.3 is 10.1 Å². The number of carbonyl (C=O) groups is 2. The van der Waals surface area contributed by atoms with E-state index in [2.05, 4.69) is 5.32 Å². The van der Waals surface area contributed by atoms with Gasteiger partial charge in [-0.1, -0.05) is 48.0 Å². The molecule has 3 aromatic carbocycles. The molecular weight excluding hydrogens is 388 g/mol. The highest BCUT2D eigenvalue weighted by atomic mass is 35.5. The van der Waals surface area contributed by atoms with Gasteiger partial charge in [0.25, 0.3) is 5.91 Å². The van der Waals surface area contributed by atoms with E-state index in [1.54, 1.807) is 43.5 Å². The molecule has 4 rings (SSSR count). The number of nitrogens with zero attached hydrogens (tertiary/aromatic N) is 1. The van der Waals surface area contributed by atoms with Crippen LogP contribution in [0.5, 0.6) is 5.75 Å². The van der Waals surface area contributed by atoms with Crippen molar-refractivity contribution >= 4 is 29.1 Å². The molecule has 0 saturated carbocycles. The zero-order valence-electron chi connectivity index (χ0n) is 15.8. The topological polar surface area (TPSA) is 58.6 Å². The third-order valence-corrected chi connectivity index (χ3v) is 5.21. The molecule has 1 aliphatic heterocycles. The molecule has 0 aromatic heterocycles. The van der Waals surface area contributed by atoms with E-state index in [9.17, 15) is 9.59 Å². The van der Waals surface area contributed by atoms with Gasteiger partial charge in [-0.05, 0) is 42.0 Å². The summed E-state index contributed by atoms with van der Waals surface area (Å²) in [5.41, 5.74) is 2.69. The standard InChI is InChI=1S/C23H19ClN2O3/c1-29-20-9-5-2-6-15(20)14-25-22(27)21-18-7-3-4-8-19(18)23(28)26(21)17-12-10-16(24)11-13-17/h2-13,21H,14H2,1H3,(H,25,27). The van der Waals surface area contributed by atoms with E-state index in [4.69, 9.17) is 16.3 Å². The molecule has 0 aliphatic carbocycles. The van der Waals surface area contributed by atoms with Gasteiger partial charge in [0.1, 0.15) is 11.8 Å². The van der Waals surface area contributed by atoms with Crippen LogP contribution < -0.4 is 15.0 Å². The van der Waals surface area contributed by atoms with Crippen LogP contribution in [0.1, 0.15) is 27.5 Å². The summed E-state index contributed by atoms with van der Waals surface area (Å²) in [4.78, 5) is 27.8. The molecule has 2 amide bonds. The Hall–Kier alpha value is -3.31. The number of halogens is 1. The van der Waals surface area contributed by atoms with Crippen molar-refractivity contribution in [3.8, 4) is 5.75 Å². The second-order valence-electron chi connectivity index (χ2n) is 6.67. The number of rotatable bonds is 5. The first-order chi connectivity index (χ1) is 14.1. The van der Waals surface area contributed by atoms with Gasteiger partial charge in [-0.25, -0.2) is 0 Å². The normalized spacial score (nSPS) is 15.2. The lowest BCUT2D eigenvalue weighted by atomic mass is 10.0. The van der Waals surface area contributed by atoms with Crippen molar-refractivity contribution in [2.75, 3.05) is 12.0 Å². The van der Waals surface area contributed by atoms with Crippen molar-refractivity contribution in [1.82, 2.24) is 5.32 Å². The van der Waals surface area contributed by atoms with Crippen molar-refractivity contribution in [3.05, 3.63) is 94.5 Å². The van der Waals surface area contributed by atoms with E-state index >= 15 is 0 Å². The Labute approximate surface area is 173 Å². The Morgan fingerprint density at radius 1 is 1.03 bits per heavy atom. The molecule has 29 heavy (non-hydrogen) atoms. The van der Waals surface area contributed by atoms with Crippen LogP contribution in [0.2, 0.25) is 5.02 Å². The van der Waals surface area contributed by atoms with Crippen LogP contribution >= 0.6 is 11.6 Å². The summed E-state index contributed by atoms with van der Waals surface area (Å²) in [5, 5.41) is 3.51. The van der Waals surface area contributed by atoms with Crippen molar-refractivity contribution < 1.29 is 14.3 Å².